The van der Waals surface area contributed by atoms with Crippen LogP contribution in [0.1, 0.15) is 24.5 Å². The molecule has 100 valence electrons. The number of aromatic nitrogens is 2. The van der Waals surface area contributed by atoms with Gasteiger partial charge >= 0.3 is 0 Å². The normalized spacial score (nSPS) is 11.6. The molecule has 0 aliphatic carbocycles. The Kier molecular flexibility index (Phi) is 4.18. The monoisotopic (exact) mass is 259 g/mol. The molecule has 0 fully saturated rings. The van der Waals surface area contributed by atoms with Crippen LogP contribution in [0.5, 0.6) is 5.75 Å². The molecule has 0 spiro atoms. The maximum Gasteiger partial charge on any atom is 0.119 e. The number of hydrogen-bond acceptors (Lipinski definition) is 4. The quantitative estimate of drug-likeness (QED) is 0.510. The minimum atomic E-state index is 0.488. The van der Waals surface area contributed by atoms with Gasteiger partial charge in [-0.1, -0.05) is 12.1 Å². The van der Waals surface area contributed by atoms with Gasteiger partial charge in [0.15, 0.2) is 0 Å². The Balaban J connectivity index is 1.99. The molecule has 5 nitrogen and oxygen atoms in total. The molecule has 19 heavy (non-hydrogen) atoms. The van der Waals surface area contributed by atoms with Crippen LogP contribution >= 0.6 is 0 Å². The molecule has 0 bridgehead atoms. The fourth-order valence-electron chi connectivity index (χ4n) is 1.79. The molecule has 0 radical (unpaired) electrons. The third kappa shape index (κ3) is 3.34. The van der Waals surface area contributed by atoms with Crippen molar-refractivity contribution in [1.29, 1.82) is 0 Å². The van der Waals surface area contributed by atoms with Crippen LogP contribution in [-0.4, -0.2) is 20.7 Å². The Morgan fingerprint density at radius 1 is 1.37 bits per heavy atom. The number of oxime groups is 1. The Morgan fingerprint density at radius 3 is 2.63 bits per heavy atom. The topological polar surface area (TPSA) is 59.6 Å². The maximum absolute atomic E-state index is 8.85. The highest BCUT2D eigenvalue weighted by Crippen LogP contribution is 2.15. The van der Waals surface area contributed by atoms with Crippen molar-refractivity contribution < 1.29 is 9.94 Å². The number of nitrogens with zero attached hydrogens (tertiary/aromatic N) is 3. The summed E-state index contributed by atoms with van der Waals surface area (Å²) in [6.45, 7) is 2.43. The summed E-state index contributed by atoms with van der Waals surface area (Å²) in [4.78, 5) is 0. The third-order valence-corrected chi connectivity index (χ3v) is 2.81. The van der Waals surface area contributed by atoms with Crippen molar-refractivity contribution in [2.75, 3.05) is 0 Å². The summed E-state index contributed by atoms with van der Waals surface area (Å²) in [5.74, 6) is 0.779. The lowest BCUT2D eigenvalue weighted by Gasteiger charge is -2.06. The first kappa shape index (κ1) is 13.1. The van der Waals surface area contributed by atoms with E-state index < -0.39 is 0 Å². The highest BCUT2D eigenvalue weighted by Gasteiger charge is 2.03. The first-order chi connectivity index (χ1) is 9.22. The molecule has 5 heteroatoms. The molecule has 1 aromatic carbocycles. The first-order valence-electron chi connectivity index (χ1n) is 6.14. The number of aryl methyl sites for hydroxylation is 1. The van der Waals surface area contributed by atoms with Crippen molar-refractivity contribution in [3.05, 3.63) is 47.8 Å². The van der Waals surface area contributed by atoms with Crippen LogP contribution in [0.3, 0.4) is 0 Å². The molecule has 1 aromatic heterocycles. The molecule has 2 rings (SSSR count). The Labute approximate surface area is 112 Å². The standard InChI is InChI=1S/C14H17N3O2/c1-3-14(16-18)12-4-6-13(7-5-12)19-10-11-8-15-17(2)9-11/h4-9,18H,3,10H2,1-2H3. The van der Waals surface area contributed by atoms with Gasteiger partial charge in [-0.15, -0.1) is 0 Å². The molecule has 1 N–H and O–H groups in total. The molecular formula is C14H17N3O2. The second kappa shape index (κ2) is 6.04. The predicted octanol–water partition coefficient (Wildman–Crippen LogP) is 2.59. The van der Waals surface area contributed by atoms with Crippen LogP contribution in [-0.2, 0) is 13.7 Å². The average molecular weight is 259 g/mol. The lowest BCUT2D eigenvalue weighted by atomic mass is 10.1. The van der Waals surface area contributed by atoms with E-state index >= 15 is 0 Å². The van der Waals surface area contributed by atoms with Gasteiger partial charge in [-0.25, -0.2) is 0 Å². The van der Waals surface area contributed by atoms with E-state index in [2.05, 4.69) is 10.3 Å². The van der Waals surface area contributed by atoms with Gasteiger partial charge < -0.3 is 9.94 Å². The predicted molar refractivity (Wildman–Crippen MR) is 72.6 cm³/mol. The van der Waals surface area contributed by atoms with Crippen LogP contribution in [0.15, 0.2) is 41.8 Å². The lowest BCUT2D eigenvalue weighted by molar-refractivity contribution is 0.306. The summed E-state index contributed by atoms with van der Waals surface area (Å²) in [7, 11) is 1.87. The van der Waals surface area contributed by atoms with Gasteiger partial charge in [0.2, 0.25) is 0 Å². The van der Waals surface area contributed by atoms with Gasteiger partial charge in [0, 0.05) is 18.8 Å². The molecule has 0 amide bonds. The van der Waals surface area contributed by atoms with Gasteiger partial charge in [0.1, 0.15) is 12.4 Å². The fourth-order valence-corrected chi connectivity index (χ4v) is 1.79. The number of benzene rings is 1. The van der Waals surface area contributed by atoms with Crippen LogP contribution in [0.2, 0.25) is 0 Å². The number of rotatable bonds is 5. The smallest absolute Gasteiger partial charge is 0.119 e. The highest BCUT2D eigenvalue weighted by atomic mass is 16.5. The van der Waals surface area contributed by atoms with E-state index in [9.17, 15) is 0 Å². The van der Waals surface area contributed by atoms with Gasteiger partial charge in [0.25, 0.3) is 0 Å². The van der Waals surface area contributed by atoms with E-state index in [-0.39, 0.29) is 0 Å². The zero-order chi connectivity index (χ0) is 13.7. The van der Waals surface area contributed by atoms with Crippen molar-refractivity contribution in [3.8, 4) is 5.75 Å². The Hall–Kier alpha value is -2.30. The summed E-state index contributed by atoms with van der Waals surface area (Å²) < 4.78 is 7.39. The fraction of sp³-hybridized carbons (Fsp3) is 0.286. The Bertz CT molecular complexity index is 558. The first-order valence-corrected chi connectivity index (χ1v) is 6.14. The SMILES string of the molecule is CCC(=NO)c1ccc(OCc2cnn(C)c2)cc1. The van der Waals surface area contributed by atoms with Crippen LogP contribution in [0, 0.1) is 0 Å². The third-order valence-electron chi connectivity index (χ3n) is 2.81. The molecule has 1 heterocycles. The molecule has 0 atom stereocenters. The molecular weight excluding hydrogens is 242 g/mol. The summed E-state index contributed by atoms with van der Waals surface area (Å²) in [6, 6.07) is 7.51. The van der Waals surface area contributed by atoms with Crippen molar-refractivity contribution in [2.24, 2.45) is 12.2 Å². The minimum absolute atomic E-state index is 0.488. The zero-order valence-corrected chi connectivity index (χ0v) is 11.1. The van der Waals surface area contributed by atoms with Gasteiger partial charge in [0.05, 0.1) is 11.9 Å². The molecule has 0 aliphatic heterocycles. The largest absolute Gasteiger partial charge is 0.489 e. The van der Waals surface area contributed by atoms with Gasteiger partial charge in [-0.2, -0.15) is 5.10 Å². The summed E-state index contributed by atoms with van der Waals surface area (Å²) >= 11 is 0. The summed E-state index contributed by atoms with van der Waals surface area (Å²) in [6.07, 6.45) is 4.39. The summed E-state index contributed by atoms with van der Waals surface area (Å²) in [5, 5.41) is 16.2. The van der Waals surface area contributed by atoms with E-state index in [1.165, 1.54) is 0 Å². The molecule has 0 unspecified atom stereocenters. The highest BCUT2D eigenvalue weighted by molar-refractivity contribution is 6.00. The second-order valence-electron chi connectivity index (χ2n) is 4.24. The Morgan fingerprint density at radius 2 is 2.11 bits per heavy atom. The van der Waals surface area contributed by atoms with E-state index in [1.54, 1.807) is 10.9 Å². The van der Waals surface area contributed by atoms with Crippen molar-refractivity contribution >= 4 is 5.71 Å². The summed E-state index contributed by atoms with van der Waals surface area (Å²) in [5.41, 5.74) is 2.59. The lowest BCUT2D eigenvalue weighted by Crippen LogP contribution is -1.99. The van der Waals surface area contributed by atoms with E-state index in [1.807, 2.05) is 44.4 Å². The average Bonchev–Trinajstić information content (AvgIpc) is 2.85. The van der Waals surface area contributed by atoms with Crippen molar-refractivity contribution in [2.45, 2.75) is 20.0 Å². The van der Waals surface area contributed by atoms with Crippen molar-refractivity contribution in [1.82, 2.24) is 9.78 Å². The van der Waals surface area contributed by atoms with E-state index in [4.69, 9.17) is 9.94 Å². The van der Waals surface area contributed by atoms with Gasteiger partial charge in [-0.05, 0) is 36.2 Å². The number of hydrogen-bond donors (Lipinski definition) is 1. The molecule has 2 aromatic rings. The molecule has 0 saturated heterocycles. The van der Waals surface area contributed by atoms with Crippen molar-refractivity contribution in [3.63, 3.8) is 0 Å². The maximum atomic E-state index is 8.85. The molecule has 0 saturated carbocycles. The second-order valence-corrected chi connectivity index (χ2v) is 4.24. The van der Waals surface area contributed by atoms with Crippen LogP contribution < -0.4 is 4.74 Å². The van der Waals surface area contributed by atoms with E-state index in [0.717, 1.165) is 16.9 Å². The number of ether oxygens (including phenoxy) is 1. The molecule has 0 aliphatic rings. The minimum Gasteiger partial charge on any atom is -0.489 e. The van der Waals surface area contributed by atoms with E-state index in [0.29, 0.717) is 18.7 Å². The zero-order valence-electron chi connectivity index (χ0n) is 11.1. The van der Waals surface area contributed by atoms with Gasteiger partial charge in [-0.3, -0.25) is 4.68 Å². The van der Waals surface area contributed by atoms with Crippen LogP contribution in [0.25, 0.3) is 0 Å². The van der Waals surface area contributed by atoms with Crippen LogP contribution in [0.4, 0.5) is 0 Å².